The Hall–Kier alpha value is -1.96. The highest BCUT2D eigenvalue weighted by Crippen LogP contribution is 2.25. The lowest BCUT2D eigenvalue weighted by atomic mass is 10.1. The summed E-state index contributed by atoms with van der Waals surface area (Å²) in [5.41, 5.74) is 2.55. The van der Waals surface area contributed by atoms with Crippen LogP contribution in [-0.2, 0) is 4.57 Å². The molecule has 0 spiro atoms. The van der Waals surface area contributed by atoms with Crippen LogP contribution in [0.5, 0.6) is 0 Å². The predicted octanol–water partition coefficient (Wildman–Crippen LogP) is 3.74. The van der Waals surface area contributed by atoms with Gasteiger partial charge in [0, 0.05) is 6.42 Å². The van der Waals surface area contributed by atoms with E-state index in [1.165, 1.54) is 11.1 Å². The molecule has 0 amide bonds. The first-order valence-electron chi connectivity index (χ1n) is 6.64. The van der Waals surface area contributed by atoms with Crippen molar-refractivity contribution in [3.8, 4) is 17.2 Å². The van der Waals surface area contributed by atoms with Crippen LogP contribution >= 0.6 is 7.82 Å². The number of nitriles is 1. The summed E-state index contributed by atoms with van der Waals surface area (Å²) in [6, 6.07) is 22.8. The molecule has 118 valence electrons. The summed E-state index contributed by atoms with van der Waals surface area (Å²) < 4.78 is 8.88. The minimum Gasteiger partial charge on any atom is -0.303 e. The molecule has 0 heterocycles. The van der Waals surface area contributed by atoms with Crippen LogP contribution < -0.4 is 0 Å². The van der Waals surface area contributed by atoms with Crippen molar-refractivity contribution in [1.29, 1.82) is 5.26 Å². The van der Waals surface area contributed by atoms with Gasteiger partial charge in [0.05, 0.1) is 6.07 Å². The molecule has 0 radical (unpaired) electrons. The normalized spacial score (nSPS) is 9.41. The molecule has 0 aromatic heterocycles. The van der Waals surface area contributed by atoms with Gasteiger partial charge in [0.1, 0.15) is 0 Å². The lowest BCUT2D eigenvalue weighted by molar-refractivity contribution is 0.275. The van der Waals surface area contributed by atoms with E-state index in [0.29, 0.717) is 6.42 Å². The van der Waals surface area contributed by atoms with E-state index in [9.17, 15) is 0 Å². The van der Waals surface area contributed by atoms with Crippen molar-refractivity contribution >= 4 is 7.82 Å². The average molecular weight is 321 g/mol. The molecular weight excluding hydrogens is 301 g/mol. The molecule has 0 aliphatic heterocycles. The second-order valence-electron chi connectivity index (χ2n) is 4.15. The Bertz CT molecular complexity index is 545. The maximum atomic E-state index is 8.88. The van der Waals surface area contributed by atoms with Crippen molar-refractivity contribution in [3.63, 3.8) is 0 Å². The second-order valence-corrected chi connectivity index (χ2v) is 5.18. The third-order valence-electron chi connectivity index (χ3n) is 2.24. The quantitative estimate of drug-likeness (QED) is 0.731. The first kappa shape index (κ1) is 20.0. The Morgan fingerprint density at radius 2 is 1.23 bits per heavy atom. The average Bonchev–Trinajstić information content (AvgIpc) is 2.49. The van der Waals surface area contributed by atoms with Crippen molar-refractivity contribution in [2.45, 2.75) is 19.8 Å². The number of benzene rings is 2. The van der Waals surface area contributed by atoms with Crippen LogP contribution in [0.15, 0.2) is 60.7 Å². The summed E-state index contributed by atoms with van der Waals surface area (Å²) >= 11 is 0. The lowest BCUT2D eigenvalue weighted by Gasteiger charge is -1.98. The smallest absolute Gasteiger partial charge is 0.303 e. The van der Waals surface area contributed by atoms with Crippen molar-refractivity contribution in [2.75, 3.05) is 0 Å². The summed E-state index contributed by atoms with van der Waals surface area (Å²) in [6.07, 6.45) is 1.68. The molecule has 0 unspecified atom stereocenters. The van der Waals surface area contributed by atoms with Crippen LogP contribution in [0.1, 0.15) is 19.8 Å². The zero-order chi connectivity index (χ0) is 16.8. The number of nitrogens with zero attached hydrogens (tertiary/aromatic N) is 1. The van der Waals surface area contributed by atoms with Gasteiger partial charge >= 0.3 is 7.82 Å². The van der Waals surface area contributed by atoms with Crippen LogP contribution in [0.4, 0.5) is 0 Å². The SMILES string of the molecule is CCCC#N.O=P(O)(O)O.c1ccc(-c2ccccc2)cc1. The molecule has 2 aromatic rings. The largest absolute Gasteiger partial charge is 0.466 e. The molecule has 22 heavy (non-hydrogen) atoms. The Labute approximate surface area is 130 Å². The minimum atomic E-state index is -4.64. The fourth-order valence-corrected chi connectivity index (χ4v) is 1.37. The topological polar surface area (TPSA) is 102 Å². The highest BCUT2D eigenvalue weighted by Gasteiger charge is 2.00. The Balaban J connectivity index is 0.000000372. The number of unbranched alkanes of at least 4 members (excludes halogenated alkanes) is 1. The van der Waals surface area contributed by atoms with Crippen molar-refractivity contribution in [1.82, 2.24) is 0 Å². The highest BCUT2D eigenvalue weighted by molar-refractivity contribution is 7.45. The van der Waals surface area contributed by atoms with Crippen LogP contribution in [0.25, 0.3) is 11.1 Å². The van der Waals surface area contributed by atoms with Crippen LogP contribution in [-0.4, -0.2) is 14.7 Å². The molecule has 6 heteroatoms. The molecular formula is C16H20NO4P. The van der Waals surface area contributed by atoms with E-state index in [0.717, 1.165) is 6.42 Å². The monoisotopic (exact) mass is 321 g/mol. The summed E-state index contributed by atoms with van der Waals surface area (Å²) in [5, 5.41) is 7.82. The molecule has 5 nitrogen and oxygen atoms in total. The molecule has 0 saturated carbocycles. The molecule has 0 aliphatic carbocycles. The van der Waals surface area contributed by atoms with Gasteiger partial charge in [-0.15, -0.1) is 0 Å². The highest BCUT2D eigenvalue weighted by atomic mass is 31.2. The molecule has 0 aliphatic rings. The summed E-state index contributed by atoms with van der Waals surface area (Å²) in [4.78, 5) is 21.6. The van der Waals surface area contributed by atoms with Crippen molar-refractivity contribution in [3.05, 3.63) is 60.7 Å². The zero-order valence-corrected chi connectivity index (χ0v) is 13.2. The maximum absolute atomic E-state index is 8.88. The summed E-state index contributed by atoms with van der Waals surface area (Å²) in [7, 11) is -4.64. The van der Waals surface area contributed by atoms with Crippen molar-refractivity contribution in [2.24, 2.45) is 0 Å². The first-order valence-corrected chi connectivity index (χ1v) is 8.20. The van der Waals surface area contributed by atoms with Crippen LogP contribution in [0, 0.1) is 11.3 Å². The van der Waals surface area contributed by atoms with E-state index in [-0.39, 0.29) is 0 Å². The van der Waals surface area contributed by atoms with Gasteiger partial charge in [0.15, 0.2) is 0 Å². The predicted molar refractivity (Wildman–Crippen MR) is 86.7 cm³/mol. The van der Waals surface area contributed by atoms with Crippen molar-refractivity contribution < 1.29 is 19.2 Å². The summed E-state index contributed by atoms with van der Waals surface area (Å²) in [6.45, 7) is 1.99. The first-order chi connectivity index (χ1) is 10.4. The van der Waals surface area contributed by atoms with Gasteiger partial charge in [-0.1, -0.05) is 67.6 Å². The summed E-state index contributed by atoms with van der Waals surface area (Å²) in [5.74, 6) is 0. The molecule has 2 aromatic carbocycles. The Morgan fingerprint density at radius 3 is 1.41 bits per heavy atom. The number of rotatable bonds is 2. The van der Waals surface area contributed by atoms with E-state index in [1.54, 1.807) is 0 Å². The fourth-order valence-electron chi connectivity index (χ4n) is 1.37. The maximum Gasteiger partial charge on any atom is 0.466 e. The standard InChI is InChI=1S/C12H10.C4H7N.H3O4P/c1-3-7-11(8-4-1)12-9-5-2-6-10-12;1-2-3-4-5;1-5(2,3)4/h1-10H;2-3H2,1H3;(H3,1,2,3,4). The van der Waals surface area contributed by atoms with E-state index < -0.39 is 7.82 Å². The molecule has 2 rings (SSSR count). The van der Waals surface area contributed by atoms with Gasteiger partial charge in [0.25, 0.3) is 0 Å². The van der Waals surface area contributed by atoms with Gasteiger partial charge in [0.2, 0.25) is 0 Å². The van der Waals surface area contributed by atoms with Crippen LogP contribution in [0.2, 0.25) is 0 Å². The van der Waals surface area contributed by atoms with E-state index in [2.05, 4.69) is 48.5 Å². The molecule has 0 bridgehead atoms. The third kappa shape index (κ3) is 13.0. The van der Waals surface area contributed by atoms with Gasteiger partial charge < -0.3 is 14.7 Å². The zero-order valence-electron chi connectivity index (χ0n) is 12.3. The van der Waals surface area contributed by atoms with Crippen LogP contribution in [0.3, 0.4) is 0 Å². The van der Waals surface area contributed by atoms with Gasteiger partial charge in [-0.05, 0) is 17.5 Å². The third-order valence-corrected chi connectivity index (χ3v) is 2.24. The number of hydrogen-bond acceptors (Lipinski definition) is 2. The van der Waals surface area contributed by atoms with E-state index in [1.807, 2.05) is 25.1 Å². The molecule has 0 fully saturated rings. The number of phosphoric acid groups is 1. The van der Waals surface area contributed by atoms with Gasteiger partial charge in [-0.2, -0.15) is 5.26 Å². The molecule has 0 atom stereocenters. The second kappa shape index (κ2) is 11.7. The van der Waals surface area contributed by atoms with Gasteiger partial charge in [-0.3, -0.25) is 0 Å². The number of hydrogen-bond donors (Lipinski definition) is 3. The minimum absolute atomic E-state index is 0.694. The molecule has 3 N–H and O–H groups in total. The van der Waals surface area contributed by atoms with Gasteiger partial charge in [-0.25, -0.2) is 4.57 Å². The van der Waals surface area contributed by atoms with E-state index in [4.69, 9.17) is 24.5 Å². The Kier molecular flexibility index (Phi) is 10.6. The Morgan fingerprint density at radius 1 is 0.909 bits per heavy atom. The molecule has 0 saturated heterocycles. The fraction of sp³-hybridized carbons (Fsp3) is 0.188. The van der Waals surface area contributed by atoms with E-state index >= 15 is 0 Å². The lowest BCUT2D eigenvalue weighted by Crippen LogP contribution is -1.73.